The maximum absolute atomic E-state index is 12.6. The molecule has 0 spiro atoms. The number of hydrogen-bond donors (Lipinski definition) is 1. The quantitative estimate of drug-likeness (QED) is 0.543. The van der Waals surface area contributed by atoms with Gasteiger partial charge < -0.3 is 14.2 Å². The molecule has 2 aromatic rings. The lowest BCUT2D eigenvalue weighted by atomic mass is 10.1. The maximum atomic E-state index is 12.6. The van der Waals surface area contributed by atoms with E-state index in [1.165, 1.54) is 6.92 Å². The smallest absolute Gasteiger partial charge is 0.186 e. The largest absolute Gasteiger partial charge is 0.492 e. The maximum Gasteiger partial charge on any atom is 0.186 e. The normalized spacial score (nSPS) is 15.3. The minimum Gasteiger partial charge on any atom is -0.492 e. The second-order valence-electron chi connectivity index (χ2n) is 6.93. The van der Waals surface area contributed by atoms with Crippen LogP contribution in [0.15, 0.2) is 53.4 Å². The first kappa shape index (κ1) is 23.5. The summed E-state index contributed by atoms with van der Waals surface area (Å²) in [4.78, 5) is 25.9. The second kappa shape index (κ2) is 12.0. The van der Waals surface area contributed by atoms with Gasteiger partial charge in [0, 0.05) is 37.8 Å². The van der Waals surface area contributed by atoms with Gasteiger partial charge in [0.25, 0.3) is 0 Å². The number of morpholine rings is 1. The Morgan fingerprint density at radius 2 is 1.77 bits per heavy atom. The monoisotopic (exact) mass is 462 g/mol. The molecule has 1 aliphatic heterocycles. The highest BCUT2D eigenvalue weighted by molar-refractivity contribution is 8.14. The molecule has 1 unspecified atom stereocenters. The summed E-state index contributed by atoms with van der Waals surface area (Å²) in [5.74, 6) is 0.743. The van der Waals surface area contributed by atoms with Crippen LogP contribution in [0.2, 0.25) is 0 Å². The lowest BCUT2D eigenvalue weighted by Gasteiger charge is -2.26. The summed E-state index contributed by atoms with van der Waals surface area (Å²) >= 11 is 0.989. The first-order valence-electron chi connectivity index (χ1n) is 9.99. The van der Waals surface area contributed by atoms with Gasteiger partial charge in [-0.3, -0.25) is 14.5 Å². The van der Waals surface area contributed by atoms with Gasteiger partial charge in [-0.15, -0.1) is 0 Å². The SMILES string of the molecule is CC(=O)SCC(=O)c1ccc(NS(=O)c2ccc(OCCN3CCOCC3)cc2)cc1. The number of thioether (sulfide) groups is 1. The summed E-state index contributed by atoms with van der Waals surface area (Å²) in [5.41, 5.74) is 1.16. The number of carbonyl (C=O) groups excluding carboxylic acids is 2. The number of nitrogens with one attached hydrogen (secondary N) is 1. The Labute approximate surface area is 189 Å². The molecule has 0 aliphatic carbocycles. The van der Waals surface area contributed by atoms with E-state index in [0.29, 0.717) is 22.8 Å². The standard InChI is InChI=1S/C22H26N2O5S2/c1-17(25)30-16-22(26)18-2-4-19(5-3-18)23-31(27)21-8-6-20(7-9-21)29-15-12-24-10-13-28-14-11-24/h2-9,23H,10-16H2,1H3. The zero-order chi connectivity index (χ0) is 22.1. The van der Waals surface area contributed by atoms with Gasteiger partial charge in [-0.2, -0.15) is 0 Å². The molecular weight excluding hydrogens is 436 g/mol. The molecule has 0 amide bonds. The molecule has 2 aromatic carbocycles. The van der Waals surface area contributed by atoms with E-state index in [-0.39, 0.29) is 16.7 Å². The van der Waals surface area contributed by atoms with Crippen LogP contribution >= 0.6 is 11.8 Å². The molecule has 31 heavy (non-hydrogen) atoms. The minimum absolute atomic E-state index is 0.0875. The van der Waals surface area contributed by atoms with Gasteiger partial charge in [0.15, 0.2) is 10.9 Å². The van der Waals surface area contributed by atoms with Crippen LogP contribution in [0.4, 0.5) is 5.69 Å². The predicted molar refractivity (Wildman–Crippen MR) is 123 cm³/mol. The minimum atomic E-state index is -1.44. The van der Waals surface area contributed by atoms with Gasteiger partial charge >= 0.3 is 0 Å². The molecule has 1 fully saturated rings. The fourth-order valence-electron chi connectivity index (χ4n) is 2.92. The number of nitrogens with zero attached hydrogens (tertiary/aromatic N) is 1. The van der Waals surface area contributed by atoms with Crippen LogP contribution in [0.25, 0.3) is 0 Å². The Bertz CT molecular complexity index is 897. The number of ketones is 1. The van der Waals surface area contributed by atoms with Gasteiger partial charge in [0.2, 0.25) is 0 Å². The van der Waals surface area contributed by atoms with Crippen LogP contribution in [0, 0.1) is 0 Å². The number of anilines is 1. The number of hydrogen-bond acceptors (Lipinski definition) is 7. The molecule has 0 bridgehead atoms. The first-order valence-corrected chi connectivity index (χ1v) is 12.1. The molecule has 1 heterocycles. The highest BCUT2D eigenvalue weighted by Gasteiger charge is 2.11. The van der Waals surface area contributed by atoms with E-state index in [9.17, 15) is 13.8 Å². The molecule has 1 aliphatic rings. The van der Waals surface area contributed by atoms with Crippen molar-refractivity contribution in [2.45, 2.75) is 11.8 Å². The molecule has 7 nitrogen and oxygen atoms in total. The fraction of sp³-hybridized carbons (Fsp3) is 0.364. The van der Waals surface area contributed by atoms with E-state index in [1.807, 2.05) is 12.1 Å². The van der Waals surface area contributed by atoms with Crippen molar-refractivity contribution in [1.82, 2.24) is 4.90 Å². The Morgan fingerprint density at radius 1 is 1.10 bits per heavy atom. The molecule has 1 N–H and O–H groups in total. The highest BCUT2D eigenvalue weighted by Crippen LogP contribution is 2.18. The van der Waals surface area contributed by atoms with Crippen molar-refractivity contribution >= 4 is 39.3 Å². The summed E-state index contributed by atoms with van der Waals surface area (Å²) < 4.78 is 26.6. The molecule has 1 atom stereocenters. The second-order valence-corrected chi connectivity index (χ2v) is 9.29. The molecule has 0 aromatic heterocycles. The van der Waals surface area contributed by atoms with Gasteiger partial charge in [-0.25, -0.2) is 4.21 Å². The van der Waals surface area contributed by atoms with Crippen molar-refractivity contribution in [3.05, 3.63) is 54.1 Å². The number of ether oxygens (including phenoxy) is 2. The van der Waals surface area contributed by atoms with Crippen molar-refractivity contribution in [2.75, 3.05) is 49.9 Å². The van der Waals surface area contributed by atoms with Crippen LogP contribution in [0.1, 0.15) is 17.3 Å². The van der Waals surface area contributed by atoms with Crippen molar-refractivity contribution in [3.8, 4) is 5.75 Å². The van der Waals surface area contributed by atoms with E-state index in [4.69, 9.17) is 9.47 Å². The molecule has 9 heteroatoms. The Hall–Kier alpha value is -2.20. The van der Waals surface area contributed by atoms with E-state index in [1.54, 1.807) is 36.4 Å². The van der Waals surface area contributed by atoms with Crippen molar-refractivity contribution < 1.29 is 23.3 Å². The average Bonchev–Trinajstić information content (AvgIpc) is 2.79. The van der Waals surface area contributed by atoms with Crippen molar-refractivity contribution in [2.24, 2.45) is 0 Å². The lowest BCUT2D eigenvalue weighted by molar-refractivity contribution is -0.109. The zero-order valence-corrected chi connectivity index (χ0v) is 19.0. The summed E-state index contributed by atoms with van der Waals surface area (Å²) in [6.45, 7) is 6.28. The number of Topliss-reactive ketones (excluding diaryl/α,β-unsaturated/α-hetero) is 1. The van der Waals surface area contributed by atoms with Gasteiger partial charge in [0.1, 0.15) is 23.3 Å². The predicted octanol–water partition coefficient (Wildman–Crippen LogP) is 2.99. The molecule has 1 saturated heterocycles. The average molecular weight is 463 g/mol. The van der Waals surface area contributed by atoms with Crippen LogP contribution in [-0.2, 0) is 20.5 Å². The Morgan fingerprint density at radius 3 is 2.42 bits per heavy atom. The summed E-state index contributed by atoms with van der Waals surface area (Å²) in [5, 5.41) is -0.0875. The summed E-state index contributed by atoms with van der Waals surface area (Å²) in [6.07, 6.45) is 0. The third-order valence-electron chi connectivity index (χ3n) is 4.64. The molecule has 3 rings (SSSR count). The number of benzene rings is 2. The van der Waals surface area contributed by atoms with Crippen molar-refractivity contribution in [3.63, 3.8) is 0 Å². The van der Waals surface area contributed by atoms with Gasteiger partial charge in [-0.05, 0) is 48.5 Å². The van der Waals surface area contributed by atoms with E-state index in [2.05, 4.69) is 9.62 Å². The topological polar surface area (TPSA) is 84.9 Å². The zero-order valence-electron chi connectivity index (χ0n) is 17.4. The molecular formula is C22H26N2O5S2. The summed E-state index contributed by atoms with van der Waals surface area (Å²) in [7, 11) is -1.44. The third kappa shape index (κ3) is 7.77. The van der Waals surface area contributed by atoms with Crippen LogP contribution in [0.3, 0.4) is 0 Å². The van der Waals surface area contributed by atoms with E-state index in [0.717, 1.165) is 50.4 Å². The highest BCUT2D eigenvalue weighted by atomic mass is 32.2. The first-order chi connectivity index (χ1) is 15.0. The van der Waals surface area contributed by atoms with Gasteiger partial charge in [0.05, 0.1) is 23.9 Å². The Kier molecular flexibility index (Phi) is 9.08. The van der Waals surface area contributed by atoms with Crippen LogP contribution in [-0.4, -0.2) is 65.2 Å². The van der Waals surface area contributed by atoms with E-state index < -0.39 is 11.0 Å². The Balaban J connectivity index is 1.46. The fourth-order valence-corrected chi connectivity index (χ4v) is 4.27. The molecule has 0 saturated carbocycles. The molecule has 0 radical (unpaired) electrons. The van der Waals surface area contributed by atoms with E-state index >= 15 is 0 Å². The summed E-state index contributed by atoms with van der Waals surface area (Å²) in [6, 6.07) is 13.9. The van der Waals surface area contributed by atoms with Gasteiger partial charge in [-0.1, -0.05) is 11.8 Å². The number of carbonyl (C=O) groups is 2. The third-order valence-corrected chi connectivity index (χ3v) is 6.58. The lowest BCUT2D eigenvalue weighted by Crippen LogP contribution is -2.38. The van der Waals surface area contributed by atoms with Crippen LogP contribution < -0.4 is 9.46 Å². The van der Waals surface area contributed by atoms with Crippen LogP contribution in [0.5, 0.6) is 5.75 Å². The molecule has 166 valence electrons. The number of rotatable bonds is 10. The van der Waals surface area contributed by atoms with Crippen molar-refractivity contribution in [1.29, 1.82) is 0 Å².